The predicted octanol–water partition coefficient (Wildman–Crippen LogP) is 3.24. The van der Waals surface area contributed by atoms with Crippen molar-refractivity contribution < 1.29 is 4.39 Å². The third kappa shape index (κ3) is 3.36. The lowest BCUT2D eigenvalue weighted by Gasteiger charge is -2.36. The number of pyridine rings is 1. The molecule has 1 aliphatic rings. The van der Waals surface area contributed by atoms with Gasteiger partial charge in [-0.1, -0.05) is 29.3 Å². The molecule has 0 amide bonds. The highest BCUT2D eigenvalue weighted by atomic mass is 35.5. The molecule has 0 unspecified atom stereocenters. The predicted molar refractivity (Wildman–Crippen MR) is 112 cm³/mol. The molecule has 0 saturated carbocycles. The molecule has 1 fully saturated rings. The van der Waals surface area contributed by atoms with Crippen LogP contribution in [-0.4, -0.2) is 27.2 Å². The Balaban J connectivity index is 2.13. The number of nitriles is 1. The molecule has 30 heavy (non-hydrogen) atoms. The molecular weight excluding hydrogens is 432 g/mol. The van der Waals surface area contributed by atoms with E-state index >= 15 is 0 Å². The van der Waals surface area contributed by atoms with Gasteiger partial charge in [-0.25, -0.2) is 13.8 Å². The molecule has 1 aromatic carbocycles. The second kappa shape index (κ2) is 7.94. The molecule has 1 saturated heterocycles. The minimum atomic E-state index is -0.690. The summed E-state index contributed by atoms with van der Waals surface area (Å²) in [6, 6.07) is 7.31. The third-order valence-electron chi connectivity index (χ3n) is 4.86. The topological polar surface area (TPSA) is 83.9 Å². The number of hydrogen-bond donors (Lipinski definition) is 0. The van der Waals surface area contributed by atoms with E-state index in [1.165, 1.54) is 35.2 Å². The lowest BCUT2D eigenvalue weighted by Crippen LogP contribution is -2.47. The van der Waals surface area contributed by atoms with Crippen LogP contribution in [0.25, 0.3) is 16.8 Å². The number of benzene rings is 1. The second-order valence-corrected chi connectivity index (χ2v) is 7.54. The number of anilines is 1. The van der Waals surface area contributed by atoms with Crippen LogP contribution in [0.1, 0.15) is 6.42 Å². The monoisotopic (exact) mass is 445 g/mol. The van der Waals surface area contributed by atoms with Crippen molar-refractivity contribution in [3.8, 4) is 22.9 Å². The van der Waals surface area contributed by atoms with Crippen molar-refractivity contribution in [2.45, 2.75) is 13.0 Å². The van der Waals surface area contributed by atoms with E-state index in [9.17, 15) is 19.2 Å². The van der Waals surface area contributed by atoms with Gasteiger partial charge in [0.05, 0.1) is 33.6 Å². The van der Waals surface area contributed by atoms with Gasteiger partial charge >= 0.3 is 5.69 Å². The zero-order valence-corrected chi connectivity index (χ0v) is 17.0. The van der Waals surface area contributed by atoms with Gasteiger partial charge in [0.1, 0.15) is 18.2 Å². The number of hydrogen-bond acceptors (Lipinski definition) is 5. The minimum absolute atomic E-state index is 0.145. The molecule has 0 atom stereocenters. The maximum absolute atomic E-state index is 13.8. The first-order chi connectivity index (χ1) is 14.4. The van der Waals surface area contributed by atoms with E-state index in [0.29, 0.717) is 24.5 Å². The van der Waals surface area contributed by atoms with Crippen molar-refractivity contribution in [3.05, 3.63) is 73.4 Å². The Morgan fingerprint density at radius 2 is 1.93 bits per heavy atom. The number of nitrogens with zero attached hydrogens (tertiary/aromatic N) is 5. The maximum Gasteiger partial charge on any atom is 0.338 e. The summed E-state index contributed by atoms with van der Waals surface area (Å²) < 4.78 is 15.9. The highest BCUT2D eigenvalue weighted by molar-refractivity contribution is 6.31. The van der Waals surface area contributed by atoms with Crippen molar-refractivity contribution in [2.75, 3.05) is 18.0 Å². The summed E-state index contributed by atoms with van der Waals surface area (Å²) in [4.78, 5) is 32.6. The molecule has 10 heteroatoms. The summed E-state index contributed by atoms with van der Waals surface area (Å²) in [6.07, 6.45) is 3.58. The summed E-state index contributed by atoms with van der Waals surface area (Å²) in [6.45, 7) is 0.963. The van der Waals surface area contributed by atoms with Crippen LogP contribution in [0.15, 0.2) is 46.2 Å². The molecule has 0 aliphatic carbocycles. The van der Waals surface area contributed by atoms with Gasteiger partial charge in [0, 0.05) is 19.3 Å². The lowest BCUT2D eigenvalue weighted by molar-refractivity contribution is 0.575. The summed E-state index contributed by atoms with van der Waals surface area (Å²) in [7, 11) is 0. The van der Waals surface area contributed by atoms with Crippen molar-refractivity contribution in [2.24, 2.45) is 0 Å². The number of rotatable bonds is 4. The van der Waals surface area contributed by atoms with Crippen LogP contribution >= 0.6 is 23.2 Å². The highest BCUT2D eigenvalue weighted by Gasteiger charge is 2.28. The first-order valence-corrected chi connectivity index (χ1v) is 9.76. The Morgan fingerprint density at radius 3 is 2.53 bits per heavy atom. The molecule has 0 N–H and O–H groups in total. The van der Waals surface area contributed by atoms with E-state index in [2.05, 4.69) is 4.98 Å². The van der Waals surface area contributed by atoms with Crippen molar-refractivity contribution in [1.82, 2.24) is 14.1 Å². The third-order valence-corrected chi connectivity index (χ3v) is 5.36. The van der Waals surface area contributed by atoms with E-state index in [1.54, 1.807) is 0 Å². The molecular formula is C20H14Cl2FN5O2. The Bertz CT molecular complexity index is 1310. The van der Waals surface area contributed by atoms with E-state index in [1.807, 2.05) is 11.0 Å². The van der Waals surface area contributed by atoms with Gasteiger partial charge < -0.3 is 4.90 Å². The first-order valence-electron chi connectivity index (χ1n) is 9.00. The molecule has 152 valence electrons. The van der Waals surface area contributed by atoms with E-state index in [4.69, 9.17) is 23.2 Å². The van der Waals surface area contributed by atoms with Gasteiger partial charge in [0.2, 0.25) is 0 Å². The number of halogens is 3. The van der Waals surface area contributed by atoms with Crippen LogP contribution in [0.2, 0.25) is 10.0 Å². The van der Waals surface area contributed by atoms with Crippen LogP contribution in [0.3, 0.4) is 0 Å². The molecule has 7 nitrogen and oxygen atoms in total. The van der Waals surface area contributed by atoms with Gasteiger partial charge in [-0.2, -0.15) is 5.26 Å². The average molecular weight is 446 g/mol. The number of aromatic nitrogens is 3. The molecule has 0 spiro atoms. The van der Waals surface area contributed by atoms with Gasteiger partial charge in [-0.05, 0) is 30.2 Å². The van der Waals surface area contributed by atoms with Crippen LogP contribution < -0.4 is 16.1 Å². The maximum atomic E-state index is 13.8. The summed E-state index contributed by atoms with van der Waals surface area (Å²) in [5.74, 6) is -0.317. The minimum Gasteiger partial charge on any atom is -0.357 e. The quantitative estimate of drug-likeness (QED) is 0.615. The Morgan fingerprint density at radius 1 is 1.17 bits per heavy atom. The van der Waals surface area contributed by atoms with Gasteiger partial charge in [0.15, 0.2) is 0 Å². The standard InChI is InChI=1S/C20H14Cl2FN5O2/c21-13-9-14(11-25-10-13)28-19(29)17(12-2-3-16(23)15(22)8-12)18(26-5-1-6-26)27(7-4-24)20(28)30/h2-3,8-11H,1,5-7H2. The van der Waals surface area contributed by atoms with E-state index < -0.39 is 17.1 Å². The van der Waals surface area contributed by atoms with Crippen molar-refractivity contribution in [3.63, 3.8) is 0 Å². The lowest BCUT2D eigenvalue weighted by atomic mass is 10.0. The van der Waals surface area contributed by atoms with Crippen molar-refractivity contribution >= 4 is 29.0 Å². The smallest absolute Gasteiger partial charge is 0.338 e. The van der Waals surface area contributed by atoms with Gasteiger partial charge in [0.25, 0.3) is 5.56 Å². The zero-order valence-electron chi connectivity index (χ0n) is 15.5. The fourth-order valence-corrected chi connectivity index (χ4v) is 3.71. The van der Waals surface area contributed by atoms with Gasteiger partial charge in [-0.3, -0.25) is 14.3 Å². The summed E-state index contributed by atoms with van der Waals surface area (Å²) >= 11 is 12.0. The first kappa shape index (κ1) is 20.1. The fraction of sp³-hybridized carbons (Fsp3) is 0.200. The molecule has 0 radical (unpaired) electrons. The van der Waals surface area contributed by atoms with Crippen LogP contribution in [-0.2, 0) is 6.54 Å². The van der Waals surface area contributed by atoms with E-state index in [0.717, 1.165) is 17.1 Å². The molecule has 4 rings (SSSR count). The molecule has 3 aromatic rings. The van der Waals surface area contributed by atoms with Gasteiger partial charge in [-0.15, -0.1) is 0 Å². The fourth-order valence-electron chi connectivity index (χ4n) is 3.37. The van der Waals surface area contributed by atoms with Crippen LogP contribution in [0, 0.1) is 17.1 Å². The molecule has 2 aromatic heterocycles. The average Bonchev–Trinajstić information content (AvgIpc) is 2.66. The SMILES string of the molecule is N#CCn1c(N2CCC2)c(-c2ccc(F)c(Cl)c2)c(=O)n(-c2cncc(Cl)c2)c1=O. The summed E-state index contributed by atoms with van der Waals surface area (Å²) in [5.41, 5.74) is -0.684. The largest absolute Gasteiger partial charge is 0.357 e. The Kier molecular flexibility index (Phi) is 5.33. The normalized spacial score (nSPS) is 13.1. The van der Waals surface area contributed by atoms with Crippen LogP contribution in [0.5, 0.6) is 0 Å². The Labute approximate surface area is 180 Å². The van der Waals surface area contributed by atoms with Crippen LogP contribution in [0.4, 0.5) is 10.2 Å². The zero-order chi connectivity index (χ0) is 21.4. The van der Waals surface area contributed by atoms with Crippen molar-refractivity contribution in [1.29, 1.82) is 5.26 Å². The Hall–Kier alpha value is -3.15. The highest BCUT2D eigenvalue weighted by Crippen LogP contribution is 2.32. The molecule has 3 heterocycles. The molecule has 1 aliphatic heterocycles. The van der Waals surface area contributed by atoms with E-state index in [-0.39, 0.29) is 27.8 Å². The summed E-state index contributed by atoms with van der Waals surface area (Å²) in [5, 5.41) is 9.42. The molecule has 0 bridgehead atoms. The second-order valence-electron chi connectivity index (χ2n) is 6.70.